The molecule has 0 spiro atoms. The quantitative estimate of drug-likeness (QED) is 0.477. The van der Waals surface area contributed by atoms with Crippen LogP contribution >= 0.6 is 0 Å². The van der Waals surface area contributed by atoms with Crippen LogP contribution in [-0.2, 0) is 19.1 Å². The zero-order chi connectivity index (χ0) is 18.9. The fraction of sp³-hybridized carbons (Fsp3) is 0.235. The van der Waals surface area contributed by atoms with Crippen molar-refractivity contribution in [2.24, 2.45) is 5.73 Å². The first-order valence-corrected chi connectivity index (χ1v) is 7.61. The smallest absolute Gasteiger partial charge is 0.352 e. The van der Waals surface area contributed by atoms with Crippen LogP contribution in [0.2, 0.25) is 0 Å². The lowest BCUT2D eigenvalue weighted by Crippen LogP contribution is -2.43. The number of hydrogen-bond donors (Lipinski definition) is 2. The lowest BCUT2D eigenvalue weighted by atomic mass is 10.1. The second-order valence-corrected chi connectivity index (χ2v) is 5.87. The summed E-state index contributed by atoms with van der Waals surface area (Å²) >= 11 is 0. The van der Waals surface area contributed by atoms with Crippen LogP contribution in [0.5, 0.6) is 5.75 Å². The Balaban J connectivity index is 1.89. The van der Waals surface area contributed by atoms with E-state index in [0.29, 0.717) is 22.8 Å². The maximum atomic E-state index is 12.0. The molecular weight excluding hydrogens is 342 g/mol. The second kappa shape index (κ2) is 6.43. The van der Waals surface area contributed by atoms with E-state index in [2.05, 4.69) is 10.3 Å². The average Bonchev–Trinajstić information content (AvgIpc) is 3.06. The van der Waals surface area contributed by atoms with E-state index in [1.165, 1.54) is 27.4 Å². The number of nitrogens with one attached hydrogen (secondary N) is 1. The molecule has 0 radical (unpaired) electrons. The Labute approximate surface area is 148 Å². The van der Waals surface area contributed by atoms with Gasteiger partial charge in [-0.05, 0) is 12.1 Å². The lowest BCUT2D eigenvalue weighted by Gasteiger charge is -2.30. The number of cyclic esters (lactones) is 2. The number of carbonyl (C=O) groups excluding carboxylic acids is 2. The van der Waals surface area contributed by atoms with Crippen molar-refractivity contribution in [3.05, 3.63) is 42.2 Å². The van der Waals surface area contributed by atoms with Crippen molar-refractivity contribution in [1.29, 1.82) is 0 Å². The molecular formula is C17H17N3O6. The summed E-state index contributed by atoms with van der Waals surface area (Å²) in [6, 6.07) is 5.03. The number of rotatable bonds is 4. The molecule has 1 aliphatic rings. The van der Waals surface area contributed by atoms with Gasteiger partial charge in [0.05, 0.1) is 18.9 Å². The highest BCUT2D eigenvalue weighted by Crippen LogP contribution is 2.33. The van der Waals surface area contributed by atoms with E-state index < -0.39 is 23.3 Å². The van der Waals surface area contributed by atoms with E-state index in [1.807, 2.05) is 0 Å². The number of anilines is 1. The second-order valence-electron chi connectivity index (χ2n) is 5.87. The van der Waals surface area contributed by atoms with E-state index in [-0.39, 0.29) is 5.82 Å². The molecule has 0 unspecified atom stereocenters. The van der Waals surface area contributed by atoms with Crippen molar-refractivity contribution in [1.82, 2.24) is 4.98 Å². The van der Waals surface area contributed by atoms with Gasteiger partial charge in [0.2, 0.25) is 0 Å². The molecule has 1 aliphatic heterocycles. The molecule has 136 valence electrons. The Kier molecular flexibility index (Phi) is 4.29. The van der Waals surface area contributed by atoms with Crippen molar-refractivity contribution in [3.63, 3.8) is 0 Å². The predicted molar refractivity (Wildman–Crippen MR) is 89.6 cm³/mol. The van der Waals surface area contributed by atoms with Gasteiger partial charge in [-0.3, -0.25) is 0 Å². The van der Waals surface area contributed by atoms with Gasteiger partial charge in [0, 0.05) is 25.6 Å². The van der Waals surface area contributed by atoms with Crippen LogP contribution < -0.4 is 15.8 Å². The van der Waals surface area contributed by atoms with Crippen molar-refractivity contribution in [2.45, 2.75) is 19.6 Å². The third-order valence-electron chi connectivity index (χ3n) is 3.53. The SMILES string of the molecule is COc1cc(NC(N)=C2C(=O)OC(C)(C)OC2=O)ccc1-c1cnco1. The van der Waals surface area contributed by atoms with Crippen molar-refractivity contribution >= 4 is 17.6 Å². The minimum atomic E-state index is -1.33. The highest BCUT2D eigenvalue weighted by molar-refractivity contribution is 6.16. The fourth-order valence-corrected chi connectivity index (χ4v) is 2.41. The van der Waals surface area contributed by atoms with E-state index in [1.54, 1.807) is 24.4 Å². The number of esters is 2. The van der Waals surface area contributed by atoms with Crippen molar-refractivity contribution in [2.75, 3.05) is 12.4 Å². The van der Waals surface area contributed by atoms with Gasteiger partial charge in [-0.15, -0.1) is 0 Å². The molecule has 3 rings (SSSR count). The van der Waals surface area contributed by atoms with Gasteiger partial charge in [-0.2, -0.15) is 0 Å². The van der Waals surface area contributed by atoms with Gasteiger partial charge in [0.25, 0.3) is 5.79 Å². The summed E-state index contributed by atoms with van der Waals surface area (Å²) in [6.07, 6.45) is 2.86. The molecule has 1 fully saturated rings. The van der Waals surface area contributed by atoms with Crippen molar-refractivity contribution in [3.8, 4) is 17.1 Å². The Morgan fingerprint density at radius 2 is 1.92 bits per heavy atom. The molecule has 1 aromatic heterocycles. The molecule has 0 saturated carbocycles. The maximum Gasteiger partial charge on any atom is 0.352 e. The molecule has 0 amide bonds. The summed E-state index contributed by atoms with van der Waals surface area (Å²) in [6.45, 7) is 2.91. The number of carbonyl (C=O) groups is 2. The van der Waals surface area contributed by atoms with Crippen molar-refractivity contribution < 1.29 is 28.2 Å². The van der Waals surface area contributed by atoms with Crippen LogP contribution in [0.1, 0.15) is 13.8 Å². The lowest BCUT2D eigenvalue weighted by molar-refractivity contribution is -0.222. The fourth-order valence-electron chi connectivity index (χ4n) is 2.41. The number of nitrogens with zero attached hydrogens (tertiary/aromatic N) is 1. The molecule has 26 heavy (non-hydrogen) atoms. The van der Waals surface area contributed by atoms with E-state index in [0.717, 1.165) is 0 Å². The summed E-state index contributed by atoms with van der Waals surface area (Å²) in [7, 11) is 1.50. The molecule has 0 atom stereocenters. The Morgan fingerprint density at radius 3 is 2.50 bits per heavy atom. The topological polar surface area (TPSA) is 126 Å². The van der Waals surface area contributed by atoms with Crippen LogP contribution in [0.3, 0.4) is 0 Å². The largest absolute Gasteiger partial charge is 0.496 e. The number of benzene rings is 1. The average molecular weight is 359 g/mol. The molecule has 9 nitrogen and oxygen atoms in total. The van der Waals surface area contributed by atoms with E-state index in [9.17, 15) is 9.59 Å². The predicted octanol–water partition coefficient (Wildman–Crippen LogP) is 1.77. The molecule has 1 aromatic carbocycles. The van der Waals surface area contributed by atoms with Gasteiger partial charge in [0.1, 0.15) is 11.6 Å². The van der Waals surface area contributed by atoms with Crippen LogP contribution in [0.15, 0.2) is 46.6 Å². The van der Waals surface area contributed by atoms with E-state index in [4.69, 9.17) is 24.4 Å². The number of hydrogen-bond acceptors (Lipinski definition) is 9. The Hall–Kier alpha value is -3.49. The third kappa shape index (κ3) is 3.32. The number of aromatic nitrogens is 1. The summed E-state index contributed by atoms with van der Waals surface area (Å²) in [4.78, 5) is 27.9. The van der Waals surface area contributed by atoms with Gasteiger partial charge in [-0.1, -0.05) is 0 Å². The van der Waals surface area contributed by atoms with Gasteiger partial charge in [-0.25, -0.2) is 14.6 Å². The monoisotopic (exact) mass is 359 g/mol. The Bertz CT molecular complexity index is 864. The molecule has 3 N–H and O–H groups in total. The molecule has 2 heterocycles. The zero-order valence-electron chi connectivity index (χ0n) is 14.4. The number of methoxy groups -OCH3 is 1. The van der Waals surface area contributed by atoms with Crippen LogP contribution in [0.25, 0.3) is 11.3 Å². The van der Waals surface area contributed by atoms with Crippen LogP contribution in [-0.4, -0.2) is 29.8 Å². The molecule has 9 heteroatoms. The molecule has 1 saturated heterocycles. The first-order chi connectivity index (χ1) is 12.3. The normalized spacial score (nSPS) is 15.9. The minimum Gasteiger partial charge on any atom is -0.496 e. The number of ether oxygens (including phenoxy) is 3. The number of oxazole rings is 1. The minimum absolute atomic E-state index is 0.190. The maximum absolute atomic E-state index is 12.0. The first-order valence-electron chi connectivity index (χ1n) is 7.61. The zero-order valence-corrected chi connectivity index (χ0v) is 14.4. The third-order valence-corrected chi connectivity index (χ3v) is 3.53. The first kappa shape index (κ1) is 17.3. The highest BCUT2D eigenvalue weighted by Gasteiger charge is 2.40. The van der Waals surface area contributed by atoms with E-state index >= 15 is 0 Å². The highest BCUT2D eigenvalue weighted by atomic mass is 16.7. The van der Waals surface area contributed by atoms with Crippen LogP contribution in [0, 0.1) is 0 Å². The molecule has 0 bridgehead atoms. The van der Waals surface area contributed by atoms with Gasteiger partial charge >= 0.3 is 11.9 Å². The summed E-state index contributed by atoms with van der Waals surface area (Å²) in [5, 5.41) is 2.78. The summed E-state index contributed by atoms with van der Waals surface area (Å²) in [5.41, 5.74) is 6.64. The summed E-state index contributed by atoms with van der Waals surface area (Å²) < 4.78 is 20.6. The Morgan fingerprint density at radius 1 is 1.23 bits per heavy atom. The molecule has 0 aliphatic carbocycles. The number of nitrogens with two attached hydrogens (primary N) is 1. The standard InChI is InChI=1S/C17H17N3O6/c1-17(2)25-15(21)13(16(22)26-17)14(18)20-9-4-5-10(11(6-9)23-3)12-7-19-8-24-12/h4-8,20H,18H2,1-3H3. The summed E-state index contributed by atoms with van der Waals surface area (Å²) in [5.74, 6) is -2.23. The van der Waals surface area contributed by atoms with Gasteiger partial charge < -0.3 is 29.7 Å². The van der Waals surface area contributed by atoms with Crippen LogP contribution in [0.4, 0.5) is 5.69 Å². The van der Waals surface area contributed by atoms with Gasteiger partial charge in [0.15, 0.2) is 17.7 Å². The molecule has 2 aromatic rings.